The first-order valence-corrected chi connectivity index (χ1v) is 10.1. The summed E-state index contributed by atoms with van der Waals surface area (Å²) in [5.41, 5.74) is 6.03. The number of primary amides is 1. The van der Waals surface area contributed by atoms with Gasteiger partial charge in [0.15, 0.2) is 0 Å². The van der Waals surface area contributed by atoms with Crippen LogP contribution in [-0.2, 0) is 4.74 Å². The van der Waals surface area contributed by atoms with Crippen molar-refractivity contribution >= 4 is 6.03 Å². The third-order valence-electron chi connectivity index (χ3n) is 6.88. The van der Waals surface area contributed by atoms with Crippen LogP contribution in [0.15, 0.2) is 0 Å². The number of hydrogen-bond acceptors (Lipinski definition) is 2. The van der Waals surface area contributed by atoms with Crippen LogP contribution in [0.25, 0.3) is 0 Å². The fourth-order valence-corrected chi connectivity index (χ4v) is 6.61. The Labute approximate surface area is 147 Å². The van der Waals surface area contributed by atoms with E-state index in [4.69, 9.17) is 10.5 Å². The number of rotatable bonds is 10. The molecule has 0 aliphatic heterocycles. The van der Waals surface area contributed by atoms with Crippen LogP contribution >= 0.6 is 0 Å². The highest BCUT2D eigenvalue weighted by molar-refractivity contribution is 5.72. The van der Waals surface area contributed by atoms with Gasteiger partial charge in [0.05, 0.1) is 0 Å². The maximum absolute atomic E-state index is 11.5. The minimum atomic E-state index is -0.317. The van der Waals surface area contributed by atoms with Crippen LogP contribution in [0.2, 0.25) is 0 Å². The summed E-state index contributed by atoms with van der Waals surface area (Å²) in [6.07, 6.45) is 17.0. The molecule has 0 aromatic carbocycles. The van der Waals surface area contributed by atoms with E-state index < -0.39 is 0 Å². The summed E-state index contributed by atoms with van der Waals surface area (Å²) in [6.45, 7) is 0.904. The van der Waals surface area contributed by atoms with Gasteiger partial charge >= 0.3 is 6.03 Å². The van der Waals surface area contributed by atoms with Gasteiger partial charge in [0.25, 0.3) is 0 Å². The lowest BCUT2D eigenvalue weighted by Gasteiger charge is -2.62. The lowest BCUT2D eigenvalue weighted by Crippen LogP contribution is -2.63. The normalized spacial score (nSPS) is 36.9. The van der Waals surface area contributed by atoms with Gasteiger partial charge in [-0.15, -0.1) is 0 Å². The smallest absolute Gasteiger partial charge is 0.312 e. The summed E-state index contributed by atoms with van der Waals surface area (Å²) in [5, 5.41) is 3.17. The summed E-state index contributed by atoms with van der Waals surface area (Å²) in [4.78, 5) is 11.5. The number of carbonyl (C=O) groups is 1. The average Bonchev–Trinajstić information content (AvgIpc) is 2.47. The van der Waals surface area contributed by atoms with E-state index in [1.165, 1.54) is 83.5 Å². The van der Waals surface area contributed by atoms with E-state index in [0.29, 0.717) is 5.41 Å². The van der Waals surface area contributed by atoms with Crippen molar-refractivity contribution in [1.82, 2.24) is 5.32 Å². The second-order valence-electron chi connectivity index (χ2n) is 9.09. The van der Waals surface area contributed by atoms with Crippen molar-refractivity contribution in [3.63, 3.8) is 0 Å². The molecule has 4 fully saturated rings. The molecule has 2 amide bonds. The molecule has 138 valence electrons. The van der Waals surface area contributed by atoms with Crippen molar-refractivity contribution in [3.8, 4) is 0 Å². The summed E-state index contributed by atoms with van der Waals surface area (Å²) in [5.74, 6) is 1.65. The molecule has 0 saturated heterocycles. The molecule has 0 heterocycles. The highest BCUT2D eigenvalue weighted by atomic mass is 16.5. The van der Waals surface area contributed by atoms with Gasteiger partial charge in [0.2, 0.25) is 0 Å². The molecule has 0 radical (unpaired) electrons. The largest absolute Gasteiger partial charge is 0.385 e. The molecule has 0 aromatic heterocycles. The maximum Gasteiger partial charge on any atom is 0.312 e. The Balaban J connectivity index is 1.44. The fourth-order valence-electron chi connectivity index (χ4n) is 6.61. The predicted octanol–water partition coefficient (Wildman–Crippen LogP) is 4.37. The zero-order chi connectivity index (χ0) is 17.0. The van der Waals surface area contributed by atoms with Gasteiger partial charge in [-0.1, -0.05) is 32.1 Å². The molecule has 3 N–H and O–H groups in total. The highest BCUT2D eigenvalue weighted by Crippen LogP contribution is 2.63. The molecule has 24 heavy (non-hydrogen) atoms. The highest BCUT2D eigenvalue weighted by Gasteiger charge is 2.57. The number of urea groups is 1. The second kappa shape index (κ2) is 7.63. The van der Waals surface area contributed by atoms with Gasteiger partial charge in [0.1, 0.15) is 0 Å². The second-order valence-corrected chi connectivity index (χ2v) is 9.09. The topological polar surface area (TPSA) is 64.3 Å². The monoisotopic (exact) mass is 336 g/mol. The number of hydrogen-bond donors (Lipinski definition) is 2. The third kappa shape index (κ3) is 4.25. The van der Waals surface area contributed by atoms with Crippen LogP contribution < -0.4 is 11.1 Å². The Morgan fingerprint density at radius 1 is 1.04 bits per heavy atom. The van der Waals surface area contributed by atoms with Crippen LogP contribution in [0.1, 0.15) is 83.5 Å². The lowest BCUT2D eigenvalue weighted by atomic mass is 9.46. The maximum atomic E-state index is 11.5. The Morgan fingerprint density at radius 3 is 2.29 bits per heavy atom. The Bertz CT molecular complexity index is 423. The van der Waals surface area contributed by atoms with Gasteiger partial charge in [0, 0.05) is 19.3 Å². The molecule has 4 rings (SSSR count). The summed E-state index contributed by atoms with van der Waals surface area (Å²) in [7, 11) is 1.78. The molecule has 0 aromatic rings. The number of carbonyl (C=O) groups excluding carboxylic acids is 1. The first-order valence-electron chi connectivity index (χ1n) is 10.1. The minimum Gasteiger partial charge on any atom is -0.385 e. The van der Waals surface area contributed by atoms with Crippen molar-refractivity contribution in [1.29, 1.82) is 0 Å². The quantitative estimate of drug-likeness (QED) is 0.582. The zero-order valence-electron chi connectivity index (χ0n) is 15.4. The van der Waals surface area contributed by atoms with Crippen LogP contribution in [0, 0.1) is 17.3 Å². The van der Waals surface area contributed by atoms with Crippen LogP contribution in [0.3, 0.4) is 0 Å². The van der Waals surface area contributed by atoms with Crippen molar-refractivity contribution in [2.75, 3.05) is 13.7 Å². The molecular weight excluding hydrogens is 300 g/mol. The molecule has 2 unspecified atom stereocenters. The van der Waals surface area contributed by atoms with Crippen molar-refractivity contribution in [2.45, 2.75) is 89.0 Å². The molecule has 0 spiro atoms. The number of unbranched alkanes of at least 4 members (excludes halogenated alkanes) is 5. The number of ether oxygens (including phenoxy) is 1. The van der Waals surface area contributed by atoms with E-state index in [-0.39, 0.29) is 11.6 Å². The van der Waals surface area contributed by atoms with E-state index in [1.54, 1.807) is 7.11 Å². The van der Waals surface area contributed by atoms with Gasteiger partial charge < -0.3 is 15.8 Å². The average molecular weight is 337 g/mol. The Hall–Kier alpha value is -0.770. The van der Waals surface area contributed by atoms with E-state index in [1.807, 2.05) is 0 Å². The first-order chi connectivity index (χ1) is 11.5. The van der Waals surface area contributed by atoms with Gasteiger partial charge in [-0.2, -0.15) is 0 Å². The molecule has 4 bridgehead atoms. The molecule has 4 aliphatic carbocycles. The Morgan fingerprint density at radius 2 is 1.67 bits per heavy atom. The van der Waals surface area contributed by atoms with E-state index in [9.17, 15) is 4.79 Å². The summed E-state index contributed by atoms with van der Waals surface area (Å²) < 4.78 is 5.11. The molecule has 4 aliphatic rings. The minimum absolute atomic E-state index is 0.0378. The van der Waals surface area contributed by atoms with Gasteiger partial charge in [-0.3, -0.25) is 0 Å². The van der Waals surface area contributed by atoms with Crippen LogP contribution in [0.5, 0.6) is 0 Å². The fraction of sp³-hybridized carbons (Fsp3) is 0.950. The van der Waals surface area contributed by atoms with Gasteiger partial charge in [-0.05, 0) is 68.6 Å². The zero-order valence-corrected chi connectivity index (χ0v) is 15.4. The predicted molar refractivity (Wildman–Crippen MR) is 96.8 cm³/mol. The van der Waals surface area contributed by atoms with Crippen molar-refractivity contribution in [2.24, 2.45) is 23.0 Å². The molecule has 4 nitrogen and oxygen atoms in total. The third-order valence-corrected chi connectivity index (χ3v) is 6.88. The van der Waals surface area contributed by atoms with E-state index >= 15 is 0 Å². The SMILES string of the molecule is COCCCCCCCCC12CC3CC(C1)CC(NC(N)=O)(C3)C2. The van der Waals surface area contributed by atoms with Crippen molar-refractivity contribution in [3.05, 3.63) is 0 Å². The number of nitrogens with one attached hydrogen (secondary N) is 1. The van der Waals surface area contributed by atoms with Crippen LogP contribution in [-0.4, -0.2) is 25.3 Å². The van der Waals surface area contributed by atoms with Crippen molar-refractivity contribution < 1.29 is 9.53 Å². The summed E-state index contributed by atoms with van der Waals surface area (Å²) >= 11 is 0. The lowest BCUT2D eigenvalue weighted by molar-refractivity contribution is -0.0814. The standard InChI is InChI=1S/C20H36N2O2/c1-24-9-7-5-3-2-4-6-8-19-11-16-10-17(12-19)14-20(13-16,15-19)22-18(21)23/h16-17H,2-15H2,1H3,(H3,21,22,23). The molecule has 2 atom stereocenters. The van der Waals surface area contributed by atoms with E-state index in [0.717, 1.165) is 18.4 Å². The van der Waals surface area contributed by atoms with Gasteiger partial charge in [-0.25, -0.2) is 4.79 Å². The molecular formula is C20H36N2O2. The van der Waals surface area contributed by atoms with E-state index in [2.05, 4.69) is 5.32 Å². The Kier molecular flexibility index (Phi) is 5.74. The molecule has 4 saturated carbocycles. The summed E-state index contributed by atoms with van der Waals surface area (Å²) in [6, 6.07) is -0.317. The number of nitrogens with two attached hydrogens (primary N) is 1. The molecule has 4 heteroatoms. The first kappa shape index (κ1) is 18.0. The van der Waals surface area contributed by atoms with Crippen LogP contribution in [0.4, 0.5) is 4.79 Å². The number of methoxy groups -OCH3 is 1. The number of amides is 2.